The van der Waals surface area contributed by atoms with E-state index in [1.807, 2.05) is 36.4 Å². The van der Waals surface area contributed by atoms with Gasteiger partial charge in [-0.25, -0.2) is 4.39 Å². The monoisotopic (exact) mass is 443 g/mol. The highest BCUT2D eigenvalue weighted by Crippen LogP contribution is 2.35. The van der Waals surface area contributed by atoms with Gasteiger partial charge in [-0.3, -0.25) is 4.90 Å². The summed E-state index contributed by atoms with van der Waals surface area (Å²) in [5.41, 5.74) is 5.30. The highest BCUT2D eigenvalue weighted by Gasteiger charge is 2.17. The van der Waals surface area contributed by atoms with Crippen molar-refractivity contribution in [2.45, 2.75) is 13.0 Å². The highest BCUT2D eigenvalue weighted by molar-refractivity contribution is 5.88. The molecule has 168 valence electrons. The maximum absolute atomic E-state index is 13.2. The van der Waals surface area contributed by atoms with Crippen LogP contribution in [0.3, 0.4) is 0 Å². The van der Waals surface area contributed by atoms with E-state index in [2.05, 4.69) is 29.2 Å². The summed E-state index contributed by atoms with van der Waals surface area (Å²) in [5, 5.41) is 1.02. The van der Waals surface area contributed by atoms with Gasteiger partial charge < -0.3 is 13.9 Å². The van der Waals surface area contributed by atoms with Crippen molar-refractivity contribution < 1.29 is 18.3 Å². The van der Waals surface area contributed by atoms with E-state index in [1.165, 1.54) is 23.3 Å². The Hall–Kier alpha value is -3.57. The molecule has 33 heavy (non-hydrogen) atoms. The Kier molecular flexibility index (Phi) is 5.88. The summed E-state index contributed by atoms with van der Waals surface area (Å²) in [6, 6.07) is 20.9. The van der Waals surface area contributed by atoms with Crippen LogP contribution < -0.4 is 9.47 Å². The van der Waals surface area contributed by atoms with Crippen molar-refractivity contribution in [2.24, 2.45) is 0 Å². The Bertz CT molecular complexity index is 1290. The number of nitrogens with zero attached hydrogens (tertiary/aromatic N) is 1. The van der Waals surface area contributed by atoms with Crippen LogP contribution in [0.15, 0.2) is 77.2 Å². The first-order valence-electron chi connectivity index (χ1n) is 11.0. The van der Waals surface area contributed by atoms with Crippen LogP contribution in [-0.4, -0.2) is 32.2 Å². The largest absolute Gasteiger partial charge is 0.497 e. The molecule has 0 N–H and O–H groups in total. The van der Waals surface area contributed by atoms with E-state index < -0.39 is 0 Å². The molecule has 2 heterocycles. The van der Waals surface area contributed by atoms with Gasteiger partial charge in [0.2, 0.25) is 0 Å². The molecule has 0 spiro atoms. The summed E-state index contributed by atoms with van der Waals surface area (Å²) in [6.07, 6.45) is 3.18. The highest BCUT2D eigenvalue weighted by atomic mass is 19.1. The van der Waals surface area contributed by atoms with Crippen LogP contribution in [0.1, 0.15) is 17.5 Å². The zero-order chi connectivity index (χ0) is 22.8. The molecule has 0 saturated heterocycles. The number of methoxy groups -OCH3 is 2. The number of hydrogen-bond acceptors (Lipinski definition) is 4. The molecule has 4 aromatic rings. The molecule has 3 aromatic carbocycles. The van der Waals surface area contributed by atoms with Crippen molar-refractivity contribution in [3.8, 4) is 22.8 Å². The standard InChI is InChI=1S/C28H26FNO3/c1-31-25-9-5-22(6-10-25)26-17-23-15-19(16-27(32-2)28(23)33-26)18-30-13-11-21(12-14-30)20-3-7-24(29)8-4-20/h3-11,15-17H,12-14,18H2,1-2H3. The van der Waals surface area contributed by atoms with Crippen molar-refractivity contribution in [2.75, 3.05) is 27.3 Å². The van der Waals surface area contributed by atoms with Crippen molar-refractivity contribution in [3.05, 3.63) is 89.8 Å². The Morgan fingerprint density at radius 2 is 1.67 bits per heavy atom. The fourth-order valence-electron chi connectivity index (χ4n) is 4.36. The van der Waals surface area contributed by atoms with E-state index in [1.54, 1.807) is 14.2 Å². The van der Waals surface area contributed by atoms with Crippen LogP contribution in [0, 0.1) is 5.82 Å². The van der Waals surface area contributed by atoms with Gasteiger partial charge in [-0.05, 0) is 77.7 Å². The molecule has 0 unspecified atom stereocenters. The molecule has 0 bridgehead atoms. The molecule has 0 radical (unpaired) electrons. The summed E-state index contributed by atoms with van der Waals surface area (Å²) in [4.78, 5) is 2.40. The van der Waals surface area contributed by atoms with E-state index in [0.29, 0.717) is 0 Å². The van der Waals surface area contributed by atoms with Crippen LogP contribution in [0.25, 0.3) is 27.9 Å². The van der Waals surface area contributed by atoms with Crippen LogP contribution in [0.4, 0.5) is 4.39 Å². The summed E-state index contributed by atoms with van der Waals surface area (Å²) in [5.74, 6) is 2.15. The average Bonchev–Trinajstić information content (AvgIpc) is 3.29. The molecule has 0 saturated carbocycles. The van der Waals surface area contributed by atoms with Gasteiger partial charge in [0, 0.05) is 30.6 Å². The SMILES string of the molecule is COc1ccc(-c2cc3cc(CN4CC=C(c5ccc(F)cc5)CC4)cc(OC)c3o2)cc1. The molecular formula is C28H26FNO3. The molecule has 0 aliphatic carbocycles. The van der Waals surface area contributed by atoms with E-state index in [0.717, 1.165) is 65.4 Å². The number of rotatable bonds is 6. The van der Waals surface area contributed by atoms with Gasteiger partial charge in [-0.1, -0.05) is 18.2 Å². The molecule has 0 fully saturated rings. The predicted molar refractivity (Wildman–Crippen MR) is 129 cm³/mol. The first-order valence-corrected chi connectivity index (χ1v) is 11.0. The van der Waals surface area contributed by atoms with Crippen LogP contribution in [0.2, 0.25) is 0 Å². The van der Waals surface area contributed by atoms with Crippen molar-refractivity contribution in [1.82, 2.24) is 4.90 Å². The van der Waals surface area contributed by atoms with Crippen LogP contribution in [-0.2, 0) is 6.54 Å². The average molecular weight is 444 g/mol. The number of benzene rings is 3. The molecule has 5 heteroatoms. The normalized spacial score (nSPS) is 14.3. The zero-order valence-corrected chi connectivity index (χ0v) is 18.8. The first-order chi connectivity index (χ1) is 16.1. The maximum Gasteiger partial charge on any atom is 0.176 e. The lowest BCUT2D eigenvalue weighted by molar-refractivity contribution is 0.293. The molecule has 1 aliphatic rings. The van der Waals surface area contributed by atoms with Gasteiger partial charge in [-0.15, -0.1) is 0 Å². The van der Waals surface area contributed by atoms with Gasteiger partial charge >= 0.3 is 0 Å². The van der Waals surface area contributed by atoms with Crippen molar-refractivity contribution in [1.29, 1.82) is 0 Å². The predicted octanol–water partition coefficient (Wildman–Crippen LogP) is 6.55. The fraction of sp³-hybridized carbons (Fsp3) is 0.214. The number of ether oxygens (including phenoxy) is 2. The van der Waals surface area contributed by atoms with E-state index in [9.17, 15) is 4.39 Å². The van der Waals surface area contributed by atoms with Gasteiger partial charge in [0.05, 0.1) is 14.2 Å². The third-order valence-electron chi connectivity index (χ3n) is 6.15. The van der Waals surface area contributed by atoms with E-state index in [4.69, 9.17) is 13.9 Å². The minimum absolute atomic E-state index is 0.199. The zero-order valence-electron chi connectivity index (χ0n) is 18.8. The van der Waals surface area contributed by atoms with Crippen molar-refractivity contribution >= 4 is 16.5 Å². The summed E-state index contributed by atoms with van der Waals surface area (Å²) in [7, 11) is 3.33. The Balaban J connectivity index is 1.35. The Morgan fingerprint density at radius 1 is 0.909 bits per heavy atom. The smallest absolute Gasteiger partial charge is 0.176 e. The molecule has 1 aliphatic heterocycles. The molecule has 5 rings (SSSR count). The summed E-state index contributed by atoms with van der Waals surface area (Å²) >= 11 is 0. The minimum atomic E-state index is -0.199. The second-order valence-electron chi connectivity index (χ2n) is 8.28. The third-order valence-corrected chi connectivity index (χ3v) is 6.15. The summed E-state index contributed by atoms with van der Waals surface area (Å²) in [6.45, 7) is 2.63. The lowest BCUT2D eigenvalue weighted by Gasteiger charge is -2.26. The van der Waals surface area contributed by atoms with Gasteiger partial charge in [0.25, 0.3) is 0 Å². The second kappa shape index (κ2) is 9.12. The Morgan fingerprint density at radius 3 is 2.33 bits per heavy atom. The third kappa shape index (κ3) is 4.50. The van der Waals surface area contributed by atoms with E-state index in [-0.39, 0.29) is 5.82 Å². The van der Waals surface area contributed by atoms with Gasteiger partial charge in [0.1, 0.15) is 17.3 Å². The Labute approximate surface area is 192 Å². The van der Waals surface area contributed by atoms with Crippen molar-refractivity contribution in [3.63, 3.8) is 0 Å². The molecule has 0 amide bonds. The quantitative estimate of drug-likeness (QED) is 0.339. The minimum Gasteiger partial charge on any atom is -0.497 e. The number of halogens is 1. The first kappa shape index (κ1) is 21.3. The maximum atomic E-state index is 13.2. The fourth-order valence-corrected chi connectivity index (χ4v) is 4.36. The van der Waals surface area contributed by atoms with Gasteiger partial charge in [0.15, 0.2) is 11.3 Å². The van der Waals surface area contributed by atoms with Crippen LogP contribution in [0.5, 0.6) is 11.5 Å². The summed E-state index contributed by atoms with van der Waals surface area (Å²) < 4.78 is 30.3. The number of hydrogen-bond donors (Lipinski definition) is 0. The number of fused-ring (bicyclic) bond motifs is 1. The lowest BCUT2D eigenvalue weighted by Crippen LogP contribution is -2.28. The molecule has 1 aromatic heterocycles. The molecule has 0 atom stereocenters. The molecule has 4 nitrogen and oxygen atoms in total. The molecular weight excluding hydrogens is 417 g/mol. The lowest BCUT2D eigenvalue weighted by atomic mass is 9.99. The number of furan rings is 1. The van der Waals surface area contributed by atoms with E-state index >= 15 is 0 Å². The van der Waals surface area contributed by atoms with Crippen LogP contribution >= 0.6 is 0 Å². The topological polar surface area (TPSA) is 34.8 Å². The van der Waals surface area contributed by atoms with Gasteiger partial charge in [-0.2, -0.15) is 0 Å². The second-order valence-corrected chi connectivity index (χ2v) is 8.28.